The maximum absolute atomic E-state index is 13.8. The molecule has 1 amide bonds. The lowest BCUT2D eigenvalue weighted by atomic mass is 10.2. The first-order valence-corrected chi connectivity index (χ1v) is 8.03. The van der Waals surface area contributed by atoms with Gasteiger partial charge in [0.25, 0.3) is 5.91 Å². The quantitative estimate of drug-likeness (QED) is 0.630. The number of amides is 1. The van der Waals surface area contributed by atoms with Crippen molar-refractivity contribution in [2.45, 2.75) is 0 Å². The summed E-state index contributed by atoms with van der Waals surface area (Å²) in [7, 11) is 0. The fourth-order valence-electron chi connectivity index (χ4n) is 2.15. The van der Waals surface area contributed by atoms with Crippen LogP contribution in [0.15, 0.2) is 60.8 Å². The molecule has 0 aliphatic heterocycles. The van der Waals surface area contributed by atoms with Crippen molar-refractivity contribution in [1.29, 1.82) is 0 Å². The van der Waals surface area contributed by atoms with Crippen LogP contribution in [-0.4, -0.2) is 10.9 Å². The standard InChI is InChI=1S/C18H12Cl2FN3O/c19-13-8-7-11(10-14(13)20)23-18(25)12-4-3-9-22-17(12)24-16-6-2-1-5-15(16)21/h1-10H,(H,22,24)(H,23,25). The summed E-state index contributed by atoms with van der Waals surface area (Å²) in [6, 6.07) is 14.1. The van der Waals surface area contributed by atoms with Crippen LogP contribution < -0.4 is 10.6 Å². The van der Waals surface area contributed by atoms with Crippen LogP contribution in [0.2, 0.25) is 10.0 Å². The third-order valence-electron chi connectivity index (χ3n) is 3.36. The average molecular weight is 376 g/mol. The van der Waals surface area contributed by atoms with Crippen LogP contribution in [-0.2, 0) is 0 Å². The van der Waals surface area contributed by atoms with Gasteiger partial charge >= 0.3 is 0 Å². The van der Waals surface area contributed by atoms with Gasteiger partial charge in [-0.2, -0.15) is 0 Å². The smallest absolute Gasteiger partial charge is 0.259 e. The number of carbonyl (C=O) groups is 1. The molecule has 3 rings (SSSR count). The molecular formula is C18H12Cl2FN3O. The maximum atomic E-state index is 13.8. The van der Waals surface area contributed by atoms with E-state index in [-0.39, 0.29) is 17.1 Å². The number of anilines is 3. The van der Waals surface area contributed by atoms with E-state index in [0.717, 1.165) is 0 Å². The van der Waals surface area contributed by atoms with Crippen LogP contribution in [0.3, 0.4) is 0 Å². The molecule has 2 aromatic carbocycles. The fourth-order valence-corrected chi connectivity index (χ4v) is 2.45. The number of rotatable bonds is 4. The maximum Gasteiger partial charge on any atom is 0.259 e. The number of nitrogens with zero attached hydrogens (tertiary/aromatic N) is 1. The molecule has 2 N–H and O–H groups in total. The van der Waals surface area contributed by atoms with Crippen molar-refractivity contribution >= 4 is 46.3 Å². The summed E-state index contributed by atoms with van der Waals surface area (Å²) in [5.41, 5.74) is 0.974. The topological polar surface area (TPSA) is 54.0 Å². The summed E-state index contributed by atoms with van der Waals surface area (Å²) in [4.78, 5) is 16.7. The van der Waals surface area contributed by atoms with Crippen LogP contribution in [0, 0.1) is 5.82 Å². The lowest BCUT2D eigenvalue weighted by Crippen LogP contribution is -2.14. The third-order valence-corrected chi connectivity index (χ3v) is 4.10. The molecule has 0 atom stereocenters. The number of para-hydroxylation sites is 1. The van der Waals surface area contributed by atoms with Crippen molar-refractivity contribution in [2.24, 2.45) is 0 Å². The predicted molar refractivity (Wildman–Crippen MR) is 98.3 cm³/mol. The second-order valence-corrected chi connectivity index (χ2v) is 5.90. The Balaban J connectivity index is 1.86. The molecule has 0 aliphatic carbocycles. The first kappa shape index (κ1) is 17.2. The van der Waals surface area contributed by atoms with Crippen LogP contribution in [0.4, 0.5) is 21.6 Å². The molecule has 0 bridgehead atoms. The van der Waals surface area contributed by atoms with Gasteiger partial charge in [0.05, 0.1) is 21.3 Å². The predicted octanol–water partition coefficient (Wildman–Crippen LogP) is 5.52. The normalized spacial score (nSPS) is 10.4. The Hall–Kier alpha value is -2.63. The molecule has 0 spiro atoms. The molecule has 0 radical (unpaired) electrons. The van der Waals surface area contributed by atoms with Gasteiger partial charge in [-0.15, -0.1) is 0 Å². The molecule has 1 heterocycles. The Labute approximate surface area is 153 Å². The second-order valence-electron chi connectivity index (χ2n) is 5.09. The van der Waals surface area contributed by atoms with Crippen molar-refractivity contribution in [3.8, 4) is 0 Å². The van der Waals surface area contributed by atoms with Gasteiger partial charge in [0.15, 0.2) is 0 Å². The number of nitrogens with one attached hydrogen (secondary N) is 2. The Morgan fingerprint density at radius 2 is 1.80 bits per heavy atom. The van der Waals surface area contributed by atoms with E-state index in [9.17, 15) is 9.18 Å². The molecule has 25 heavy (non-hydrogen) atoms. The zero-order valence-corrected chi connectivity index (χ0v) is 14.3. The van der Waals surface area contributed by atoms with E-state index in [1.807, 2.05) is 0 Å². The highest BCUT2D eigenvalue weighted by molar-refractivity contribution is 6.42. The average Bonchev–Trinajstić information content (AvgIpc) is 2.60. The monoisotopic (exact) mass is 375 g/mol. The van der Waals surface area contributed by atoms with Gasteiger partial charge in [-0.1, -0.05) is 35.3 Å². The minimum absolute atomic E-state index is 0.227. The number of pyridine rings is 1. The van der Waals surface area contributed by atoms with Crippen LogP contribution in [0.25, 0.3) is 0 Å². The Morgan fingerprint density at radius 3 is 2.56 bits per heavy atom. The summed E-state index contributed by atoms with van der Waals surface area (Å²) in [5.74, 6) is -0.612. The molecular weight excluding hydrogens is 364 g/mol. The van der Waals surface area contributed by atoms with E-state index < -0.39 is 11.7 Å². The fraction of sp³-hybridized carbons (Fsp3) is 0. The molecule has 126 valence electrons. The lowest BCUT2D eigenvalue weighted by molar-refractivity contribution is 0.102. The Bertz CT molecular complexity index is 934. The van der Waals surface area contributed by atoms with Crippen molar-refractivity contribution in [1.82, 2.24) is 4.98 Å². The summed E-state index contributed by atoms with van der Waals surface area (Å²) < 4.78 is 13.8. The zero-order valence-electron chi connectivity index (χ0n) is 12.8. The number of aromatic nitrogens is 1. The molecule has 7 heteroatoms. The summed E-state index contributed by atoms with van der Waals surface area (Å²) in [5, 5.41) is 6.27. The largest absolute Gasteiger partial charge is 0.337 e. The molecule has 0 unspecified atom stereocenters. The van der Waals surface area contributed by atoms with Crippen LogP contribution in [0.5, 0.6) is 0 Å². The molecule has 1 aromatic heterocycles. The number of benzene rings is 2. The van der Waals surface area contributed by atoms with Gasteiger partial charge in [-0.3, -0.25) is 4.79 Å². The van der Waals surface area contributed by atoms with E-state index in [4.69, 9.17) is 23.2 Å². The zero-order chi connectivity index (χ0) is 17.8. The summed E-state index contributed by atoms with van der Waals surface area (Å²) in [6.07, 6.45) is 1.51. The van der Waals surface area contributed by atoms with Gasteiger partial charge in [0.1, 0.15) is 11.6 Å². The molecule has 0 aliphatic rings. The van der Waals surface area contributed by atoms with Crippen molar-refractivity contribution in [3.05, 3.63) is 82.2 Å². The van der Waals surface area contributed by atoms with Crippen LogP contribution in [0.1, 0.15) is 10.4 Å². The second kappa shape index (κ2) is 7.51. The van der Waals surface area contributed by atoms with E-state index in [2.05, 4.69) is 15.6 Å². The Kier molecular flexibility index (Phi) is 5.16. The first-order chi connectivity index (χ1) is 12.0. The number of hydrogen-bond donors (Lipinski definition) is 2. The molecule has 4 nitrogen and oxygen atoms in total. The number of carbonyl (C=O) groups excluding carboxylic acids is 1. The minimum Gasteiger partial charge on any atom is -0.337 e. The molecule has 0 saturated heterocycles. The number of halogens is 3. The molecule has 3 aromatic rings. The van der Waals surface area contributed by atoms with E-state index in [1.54, 1.807) is 48.5 Å². The summed E-state index contributed by atoms with van der Waals surface area (Å²) >= 11 is 11.8. The van der Waals surface area contributed by atoms with Crippen molar-refractivity contribution in [3.63, 3.8) is 0 Å². The highest BCUT2D eigenvalue weighted by atomic mass is 35.5. The minimum atomic E-state index is -0.441. The van der Waals surface area contributed by atoms with E-state index in [1.165, 1.54) is 12.3 Å². The lowest BCUT2D eigenvalue weighted by Gasteiger charge is -2.12. The Morgan fingerprint density at radius 1 is 1.00 bits per heavy atom. The molecule has 0 fully saturated rings. The van der Waals surface area contributed by atoms with Gasteiger partial charge in [0.2, 0.25) is 0 Å². The van der Waals surface area contributed by atoms with Gasteiger partial charge in [-0.05, 0) is 42.5 Å². The van der Waals surface area contributed by atoms with Gasteiger partial charge in [0, 0.05) is 11.9 Å². The SMILES string of the molecule is O=C(Nc1ccc(Cl)c(Cl)c1)c1cccnc1Nc1ccccc1F. The van der Waals surface area contributed by atoms with Crippen molar-refractivity contribution in [2.75, 3.05) is 10.6 Å². The number of hydrogen-bond acceptors (Lipinski definition) is 3. The van der Waals surface area contributed by atoms with Gasteiger partial charge < -0.3 is 10.6 Å². The highest BCUT2D eigenvalue weighted by Crippen LogP contribution is 2.26. The summed E-state index contributed by atoms with van der Waals surface area (Å²) in [6.45, 7) is 0. The van der Waals surface area contributed by atoms with Gasteiger partial charge in [-0.25, -0.2) is 9.37 Å². The highest BCUT2D eigenvalue weighted by Gasteiger charge is 2.14. The first-order valence-electron chi connectivity index (χ1n) is 7.27. The van der Waals surface area contributed by atoms with E-state index in [0.29, 0.717) is 15.7 Å². The van der Waals surface area contributed by atoms with Crippen molar-refractivity contribution < 1.29 is 9.18 Å². The van der Waals surface area contributed by atoms with E-state index >= 15 is 0 Å². The van der Waals surface area contributed by atoms with Crippen LogP contribution >= 0.6 is 23.2 Å². The third kappa shape index (κ3) is 4.07. The molecule has 0 saturated carbocycles.